The molecule has 0 saturated carbocycles. The predicted octanol–water partition coefficient (Wildman–Crippen LogP) is 1.26. The number of sulfone groups is 1. The number of rotatable bonds is 6. The van der Waals surface area contributed by atoms with Crippen molar-refractivity contribution in [3.05, 3.63) is 24.0 Å². The lowest BCUT2D eigenvalue weighted by atomic mass is 10.3. The molecule has 1 aromatic carbocycles. The van der Waals surface area contributed by atoms with E-state index in [1.807, 2.05) is 0 Å². The van der Waals surface area contributed by atoms with E-state index in [-0.39, 0.29) is 17.1 Å². The molecule has 0 fully saturated rings. The molecule has 102 valence electrons. The zero-order valence-electron chi connectivity index (χ0n) is 10.4. The van der Waals surface area contributed by atoms with Crippen LogP contribution in [0.5, 0.6) is 0 Å². The summed E-state index contributed by atoms with van der Waals surface area (Å²) < 4.78 is 46.0. The van der Waals surface area contributed by atoms with E-state index in [4.69, 9.17) is 9.47 Å². The van der Waals surface area contributed by atoms with Crippen LogP contribution in [-0.4, -0.2) is 41.7 Å². The second-order valence-corrected chi connectivity index (χ2v) is 5.71. The second kappa shape index (κ2) is 6.12. The van der Waals surface area contributed by atoms with Gasteiger partial charge in [-0.3, -0.25) is 0 Å². The third kappa shape index (κ3) is 3.94. The second-order valence-electron chi connectivity index (χ2n) is 3.70. The summed E-state index contributed by atoms with van der Waals surface area (Å²) in [5, 5.41) is 2.77. The van der Waals surface area contributed by atoms with Crippen LogP contribution < -0.4 is 5.32 Å². The highest BCUT2D eigenvalue weighted by atomic mass is 32.2. The van der Waals surface area contributed by atoms with Crippen LogP contribution in [0.4, 0.5) is 10.1 Å². The molecule has 1 rings (SSSR count). The molecule has 1 N–H and O–H groups in total. The molecule has 0 spiro atoms. The van der Waals surface area contributed by atoms with Crippen LogP contribution in [0.2, 0.25) is 0 Å². The van der Waals surface area contributed by atoms with Gasteiger partial charge in [0.25, 0.3) is 0 Å². The lowest BCUT2D eigenvalue weighted by Crippen LogP contribution is -2.24. The van der Waals surface area contributed by atoms with Crippen LogP contribution in [0.15, 0.2) is 23.1 Å². The summed E-state index contributed by atoms with van der Waals surface area (Å²) in [4.78, 5) is -0.0550. The molecule has 1 aromatic rings. The molecule has 0 aliphatic carbocycles. The van der Waals surface area contributed by atoms with Gasteiger partial charge in [-0.1, -0.05) is 0 Å². The van der Waals surface area contributed by atoms with E-state index < -0.39 is 21.9 Å². The molecule has 5 nitrogen and oxygen atoms in total. The zero-order chi connectivity index (χ0) is 13.8. The number of benzene rings is 1. The fourth-order valence-corrected chi connectivity index (χ4v) is 1.96. The maximum atomic E-state index is 13.6. The average Bonchev–Trinajstić information content (AvgIpc) is 2.30. The summed E-state index contributed by atoms with van der Waals surface area (Å²) in [6.45, 7) is 0.252. The van der Waals surface area contributed by atoms with Crippen LogP contribution in [0.3, 0.4) is 0 Å². The highest BCUT2D eigenvalue weighted by molar-refractivity contribution is 7.90. The van der Waals surface area contributed by atoms with Crippen molar-refractivity contribution in [1.82, 2.24) is 0 Å². The summed E-state index contributed by atoms with van der Waals surface area (Å²) in [6.07, 6.45) is 0.528. The molecule has 0 bridgehead atoms. The molecule has 0 saturated heterocycles. The number of halogens is 1. The number of hydrogen-bond acceptors (Lipinski definition) is 5. The first-order valence-electron chi connectivity index (χ1n) is 5.17. The smallest absolute Gasteiger partial charge is 0.175 e. The number of methoxy groups -OCH3 is 2. The minimum Gasteiger partial charge on any atom is -0.378 e. The van der Waals surface area contributed by atoms with Crippen molar-refractivity contribution in [2.24, 2.45) is 0 Å². The molecular weight excluding hydrogens is 261 g/mol. The third-order valence-corrected chi connectivity index (χ3v) is 3.46. The molecule has 18 heavy (non-hydrogen) atoms. The Balaban J connectivity index is 2.81. The van der Waals surface area contributed by atoms with E-state index in [2.05, 4.69) is 5.32 Å². The van der Waals surface area contributed by atoms with Gasteiger partial charge in [0.1, 0.15) is 5.82 Å². The summed E-state index contributed by atoms with van der Waals surface area (Å²) in [5.74, 6) is -0.635. The van der Waals surface area contributed by atoms with Gasteiger partial charge in [0, 0.05) is 20.5 Å². The maximum Gasteiger partial charge on any atom is 0.175 e. The Kier molecular flexibility index (Phi) is 5.06. The Labute approximate surface area is 106 Å². The van der Waals surface area contributed by atoms with Gasteiger partial charge in [-0.25, -0.2) is 12.8 Å². The number of ether oxygens (including phenoxy) is 2. The first-order chi connectivity index (χ1) is 8.38. The van der Waals surface area contributed by atoms with E-state index in [0.717, 1.165) is 12.3 Å². The van der Waals surface area contributed by atoms with Gasteiger partial charge in [0.2, 0.25) is 0 Å². The highest BCUT2D eigenvalue weighted by Crippen LogP contribution is 2.18. The minimum atomic E-state index is -3.40. The van der Waals surface area contributed by atoms with E-state index in [0.29, 0.717) is 0 Å². The topological polar surface area (TPSA) is 64.6 Å². The summed E-state index contributed by atoms with van der Waals surface area (Å²) >= 11 is 0. The zero-order valence-corrected chi connectivity index (χ0v) is 11.3. The predicted molar refractivity (Wildman–Crippen MR) is 65.8 cm³/mol. The van der Waals surface area contributed by atoms with Crippen LogP contribution in [0, 0.1) is 5.82 Å². The molecular formula is C11H16FNO4S. The number of anilines is 1. The van der Waals surface area contributed by atoms with Gasteiger partial charge in [-0.15, -0.1) is 0 Å². The van der Waals surface area contributed by atoms with Crippen molar-refractivity contribution in [2.45, 2.75) is 11.2 Å². The standard InChI is InChI=1S/C11H16FNO4S/c1-16-11(17-2)7-13-10-5-4-8(6-9(10)12)18(3,14)15/h4-6,11,13H,7H2,1-3H3. The Morgan fingerprint density at radius 2 is 1.94 bits per heavy atom. The normalized spacial score (nSPS) is 11.8. The molecule has 0 amide bonds. The third-order valence-electron chi connectivity index (χ3n) is 2.35. The minimum absolute atomic E-state index is 0.0550. The quantitative estimate of drug-likeness (QED) is 0.793. The van der Waals surface area contributed by atoms with Crippen LogP contribution in [0.25, 0.3) is 0 Å². The summed E-state index contributed by atoms with van der Waals surface area (Å²) in [6, 6.07) is 3.69. The molecule has 0 aromatic heterocycles. The van der Waals surface area contributed by atoms with Gasteiger partial charge >= 0.3 is 0 Å². The molecule has 0 atom stereocenters. The monoisotopic (exact) mass is 277 g/mol. The highest BCUT2D eigenvalue weighted by Gasteiger charge is 2.12. The Bertz CT molecular complexity index is 500. The van der Waals surface area contributed by atoms with E-state index in [1.54, 1.807) is 0 Å². The Morgan fingerprint density at radius 3 is 2.39 bits per heavy atom. The molecule has 0 aliphatic rings. The van der Waals surface area contributed by atoms with Gasteiger partial charge < -0.3 is 14.8 Å². The molecule has 0 radical (unpaired) electrons. The van der Waals surface area contributed by atoms with Gasteiger partial charge in [-0.2, -0.15) is 0 Å². The fraction of sp³-hybridized carbons (Fsp3) is 0.455. The lowest BCUT2D eigenvalue weighted by Gasteiger charge is -2.15. The van der Waals surface area contributed by atoms with Crippen molar-refractivity contribution in [3.8, 4) is 0 Å². The lowest BCUT2D eigenvalue weighted by molar-refractivity contribution is -0.0914. The van der Waals surface area contributed by atoms with Crippen molar-refractivity contribution >= 4 is 15.5 Å². The largest absolute Gasteiger partial charge is 0.378 e. The first kappa shape index (κ1) is 14.9. The van der Waals surface area contributed by atoms with Crippen LogP contribution in [0.1, 0.15) is 0 Å². The van der Waals surface area contributed by atoms with Crippen molar-refractivity contribution in [3.63, 3.8) is 0 Å². The van der Waals surface area contributed by atoms with Gasteiger partial charge in [-0.05, 0) is 18.2 Å². The summed E-state index contributed by atoms with van der Waals surface area (Å²) in [7, 11) is -0.457. The Morgan fingerprint density at radius 1 is 1.33 bits per heavy atom. The van der Waals surface area contributed by atoms with Crippen LogP contribution >= 0.6 is 0 Å². The molecule has 0 aliphatic heterocycles. The van der Waals surface area contributed by atoms with Crippen LogP contribution in [-0.2, 0) is 19.3 Å². The fourth-order valence-electron chi connectivity index (χ4n) is 1.33. The number of nitrogens with one attached hydrogen (secondary N) is 1. The first-order valence-corrected chi connectivity index (χ1v) is 7.06. The SMILES string of the molecule is COC(CNc1ccc(S(C)(=O)=O)cc1F)OC. The molecule has 0 unspecified atom stereocenters. The Hall–Kier alpha value is -1.18. The van der Waals surface area contributed by atoms with E-state index in [1.165, 1.54) is 26.4 Å². The van der Waals surface area contributed by atoms with Crippen molar-refractivity contribution in [2.75, 3.05) is 32.3 Å². The van der Waals surface area contributed by atoms with Crippen molar-refractivity contribution in [1.29, 1.82) is 0 Å². The van der Waals surface area contributed by atoms with Gasteiger partial charge in [0.05, 0.1) is 17.1 Å². The maximum absolute atomic E-state index is 13.6. The molecule has 7 heteroatoms. The van der Waals surface area contributed by atoms with Crippen molar-refractivity contribution < 1.29 is 22.3 Å². The molecule has 0 heterocycles. The summed E-state index contributed by atoms with van der Waals surface area (Å²) in [5.41, 5.74) is 0.196. The van der Waals surface area contributed by atoms with E-state index >= 15 is 0 Å². The average molecular weight is 277 g/mol. The number of hydrogen-bond donors (Lipinski definition) is 1. The van der Waals surface area contributed by atoms with E-state index in [9.17, 15) is 12.8 Å². The van der Waals surface area contributed by atoms with Gasteiger partial charge in [0.15, 0.2) is 16.1 Å².